The zero-order valence-electron chi connectivity index (χ0n) is 14.8. The summed E-state index contributed by atoms with van der Waals surface area (Å²) >= 11 is 2.06. The van der Waals surface area contributed by atoms with Crippen molar-refractivity contribution in [3.8, 4) is 0 Å². The summed E-state index contributed by atoms with van der Waals surface area (Å²) in [5, 5.41) is 0. The van der Waals surface area contributed by atoms with E-state index in [4.69, 9.17) is 0 Å². The number of rotatable bonds is 5. The third-order valence-corrected chi connectivity index (χ3v) is 5.81. The summed E-state index contributed by atoms with van der Waals surface area (Å²) in [7, 11) is 0. The van der Waals surface area contributed by atoms with E-state index < -0.39 is 0 Å². The van der Waals surface area contributed by atoms with E-state index in [2.05, 4.69) is 82.8 Å². The highest BCUT2D eigenvalue weighted by Crippen LogP contribution is 2.45. The Balaban J connectivity index is 2.01. The van der Waals surface area contributed by atoms with E-state index >= 15 is 0 Å². The molecule has 1 aromatic carbocycles. The van der Waals surface area contributed by atoms with Gasteiger partial charge in [0, 0.05) is 0 Å². The van der Waals surface area contributed by atoms with Crippen LogP contribution in [-0.4, -0.2) is 5.75 Å². The van der Waals surface area contributed by atoms with E-state index in [0.29, 0.717) is 11.3 Å². The molecule has 1 heterocycles. The third kappa shape index (κ3) is 4.78. The molecule has 0 aliphatic carbocycles. The Hall–Kier alpha value is -0.950. The topological polar surface area (TPSA) is 0 Å². The smallest absolute Gasteiger partial charge is 0.00152 e. The molecule has 22 heavy (non-hydrogen) atoms. The van der Waals surface area contributed by atoms with Gasteiger partial charge in [-0.05, 0) is 60.7 Å². The van der Waals surface area contributed by atoms with Gasteiger partial charge in [-0.2, -0.15) is 0 Å². The lowest BCUT2D eigenvalue weighted by Crippen LogP contribution is -2.22. The van der Waals surface area contributed by atoms with Gasteiger partial charge in [0.15, 0.2) is 0 Å². The maximum absolute atomic E-state index is 2.42. The fourth-order valence-electron chi connectivity index (χ4n) is 3.46. The van der Waals surface area contributed by atoms with E-state index in [9.17, 15) is 0 Å². The standard InChI is InChI=1S/C21H30S/c1-16(14-19-9-7-6-8-10-19)13-17(2)15-20-18(3)22-12-11-21(20,4)5/h6-10,14,17H,11-13,15H2,1-5H3/b16-14+. The van der Waals surface area contributed by atoms with Crippen molar-refractivity contribution in [2.45, 2.75) is 53.9 Å². The Morgan fingerprint density at radius 1 is 1.27 bits per heavy atom. The molecule has 120 valence electrons. The molecule has 2 rings (SSSR count). The van der Waals surface area contributed by atoms with Crippen LogP contribution in [0.15, 0.2) is 46.4 Å². The average molecular weight is 315 g/mol. The number of benzene rings is 1. The molecule has 0 aromatic heterocycles. The predicted molar refractivity (Wildman–Crippen MR) is 102 cm³/mol. The lowest BCUT2D eigenvalue weighted by Gasteiger charge is -2.35. The van der Waals surface area contributed by atoms with Crippen molar-refractivity contribution in [3.05, 3.63) is 51.9 Å². The molecule has 1 aromatic rings. The normalized spacial score (nSPS) is 20.1. The third-order valence-electron chi connectivity index (χ3n) is 4.72. The maximum atomic E-state index is 2.42. The highest BCUT2D eigenvalue weighted by atomic mass is 32.2. The summed E-state index contributed by atoms with van der Waals surface area (Å²) in [5.41, 5.74) is 4.89. The minimum atomic E-state index is 0.390. The number of hydrogen-bond acceptors (Lipinski definition) is 1. The molecule has 0 radical (unpaired) electrons. The molecule has 0 fully saturated rings. The highest BCUT2D eigenvalue weighted by molar-refractivity contribution is 8.03. The second-order valence-electron chi connectivity index (χ2n) is 7.43. The first-order chi connectivity index (χ1) is 10.4. The summed E-state index contributed by atoms with van der Waals surface area (Å²) in [4.78, 5) is 1.58. The Labute approximate surface area is 141 Å². The summed E-state index contributed by atoms with van der Waals surface area (Å²) in [5.74, 6) is 1.99. The summed E-state index contributed by atoms with van der Waals surface area (Å²) in [6.45, 7) is 11.8. The average Bonchev–Trinajstić information content (AvgIpc) is 2.44. The highest BCUT2D eigenvalue weighted by Gasteiger charge is 2.29. The number of hydrogen-bond donors (Lipinski definition) is 0. The van der Waals surface area contributed by atoms with Crippen LogP contribution in [0, 0.1) is 11.3 Å². The summed E-state index contributed by atoms with van der Waals surface area (Å²) in [6.07, 6.45) is 6.08. The molecule has 1 unspecified atom stereocenters. The minimum absolute atomic E-state index is 0.390. The SMILES string of the molecule is CC1=C(CC(C)C/C(C)=C/c2ccccc2)C(C)(C)CCS1. The van der Waals surface area contributed by atoms with Crippen LogP contribution in [0.2, 0.25) is 0 Å². The van der Waals surface area contributed by atoms with Crippen LogP contribution in [0.4, 0.5) is 0 Å². The van der Waals surface area contributed by atoms with Crippen LogP contribution in [0.1, 0.15) is 59.4 Å². The van der Waals surface area contributed by atoms with Gasteiger partial charge in [-0.15, -0.1) is 11.8 Å². The maximum Gasteiger partial charge on any atom is -0.00152 e. The van der Waals surface area contributed by atoms with Crippen LogP contribution in [0.3, 0.4) is 0 Å². The van der Waals surface area contributed by atoms with E-state index in [1.54, 1.807) is 10.5 Å². The van der Waals surface area contributed by atoms with Gasteiger partial charge in [0.25, 0.3) is 0 Å². The quantitative estimate of drug-likeness (QED) is 0.567. The van der Waals surface area contributed by atoms with Crippen LogP contribution >= 0.6 is 11.8 Å². The van der Waals surface area contributed by atoms with Gasteiger partial charge < -0.3 is 0 Å². The monoisotopic (exact) mass is 314 g/mol. The molecule has 1 atom stereocenters. The van der Waals surface area contributed by atoms with Crippen LogP contribution in [0.5, 0.6) is 0 Å². The van der Waals surface area contributed by atoms with Crippen molar-refractivity contribution in [2.75, 3.05) is 5.75 Å². The Morgan fingerprint density at radius 3 is 2.59 bits per heavy atom. The van der Waals surface area contributed by atoms with Crippen molar-refractivity contribution in [3.63, 3.8) is 0 Å². The Bertz CT molecular complexity index is 549. The van der Waals surface area contributed by atoms with Gasteiger partial charge in [0.2, 0.25) is 0 Å². The molecule has 1 aliphatic heterocycles. The van der Waals surface area contributed by atoms with E-state index in [-0.39, 0.29) is 0 Å². The fourth-order valence-corrected chi connectivity index (χ4v) is 4.91. The molecule has 1 heteroatoms. The zero-order chi connectivity index (χ0) is 16.2. The van der Waals surface area contributed by atoms with Gasteiger partial charge in [0.1, 0.15) is 0 Å². The van der Waals surface area contributed by atoms with E-state index in [1.807, 2.05) is 0 Å². The number of allylic oxidation sites excluding steroid dienone is 3. The van der Waals surface area contributed by atoms with Gasteiger partial charge >= 0.3 is 0 Å². The van der Waals surface area contributed by atoms with Gasteiger partial charge in [-0.1, -0.05) is 68.3 Å². The van der Waals surface area contributed by atoms with Crippen molar-refractivity contribution in [1.29, 1.82) is 0 Å². The van der Waals surface area contributed by atoms with Crippen LogP contribution < -0.4 is 0 Å². The predicted octanol–water partition coefficient (Wildman–Crippen LogP) is 6.94. The molecule has 0 bridgehead atoms. The molecule has 0 N–H and O–H groups in total. The molecular formula is C21H30S. The van der Waals surface area contributed by atoms with E-state index in [0.717, 1.165) is 0 Å². The first-order valence-corrected chi connectivity index (χ1v) is 9.42. The molecular weight excluding hydrogens is 284 g/mol. The Kier molecular flexibility index (Phi) is 5.97. The van der Waals surface area contributed by atoms with Crippen molar-refractivity contribution in [1.82, 2.24) is 0 Å². The summed E-state index contributed by atoms with van der Waals surface area (Å²) < 4.78 is 0. The van der Waals surface area contributed by atoms with Gasteiger partial charge in [0.05, 0.1) is 0 Å². The molecule has 1 aliphatic rings. The first-order valence-electron chi connectivity index (χ1n) is 8.44. The molecule has 0 spiro atoms. The second-order valence-corrected chi connectivity index (χ2v) is 8.74. The molecule has 0 saturated carbocycles. The largest absolute Gasteiger partial charge is 0.131 e. The van der Waals surface area contributed by atoms with Crippen molar-refractivity contribution in [2.24, 2.45) is 11.3 Å². The van der Waals surface area contributed by atoms with Gasteiger partial charge in [-0.25, -0.2) is 0 Å². The Morgan fingerprint density at radius 2 is 1.95 bits per heavy atom. The number of thioether (sulfide) groups is 1. The minimum Gasteiger partial charge on any atom is -0.131 e. The molecule has 0 nitrogen and oxygen atoms in total. The van der Waals surface area contributed by atoms with Crippen molar-refractivity contribution >= 4 is 17.8 Å². The lowest BCUT2D eigenvalue weighted by atomic mass is 9.76. The zero-order valence-corrected chi connectivity index (χ0v) is 15.6. The molecule has 0 saturated heterocycles. The first kappa shape index (κ1) is 17.4. The van der Waals surface area contributed by atoms with Crippen LogP contribution in [0.25, 0.3) is 6.08 Å². The fraction of sp³-hybridized carbons (Fsp3) is 0.524. The van der Waals surface area contributed by atoms with Gasteiger partial charge in [-0.3, -0.25) is 0 Å². The van der Waals surface area contributed by atoms with E-state index in [1.165, 1.54) is 36.2 Å². The second kappa shape index (κ2) is 7.55. The summed E-state index contributed by atoms with van der Waals surface area (Å²) in [6, 6.07) is 10.7. The molecule has 0 amide bonds. The van der Waals surface area contributed by atoms with Crippen molar-refractivity contribution < 1.29 is 0 Å². The van der Waals surface area contributed by atoms with Crippen LogP contribution in [-0.2, 0) is 0 Å². The lowest BCUT2D eigenvalue weighted by molar-refractivity contribution is 0.387.